The van der Waals surface area contributed by atoms with Gasteiger partial charge >= 0.3 is 5.97 Å². The van der Waals surface area contributed by atoms with Gasteiger partial charge in [0.25, 0.3) is 0 Å². The molecule has 3 rings (SSSR count). The number of Topliss-reactive ketones (excluding diaryl/α,β-unsaturated/α-hetero) is 1. The number of carbonyl (C=O) groups is 2. The van der Waals surface area contributed by atoms with Gasteiger partial charge in [-0.2, -0.15) is 5.26 Å². The monoisotopic (exact) mass is 233 g/mol. The van der Waals surface area contributed by atoms with Crippen molar-refractivity contribution < 1.29 is 14.3 Å². The predicted octanol–water partition coefficient (Wildman–Crippen LogP) is 1.45. The van der Waals surface area contributed by atoms with Gasteiger partial charge in [0.1, 0.15) is 11.4 Å². The van der Waals surface area contributed by atoms with E-state index >= 15 is 0 Å². The predicted molar refractivity (Wildman–Crippen MR) is 57.5 cm³/mol. The molecule has 3 fully saturated rings. The van der Waals surface area contributed by atoms with Crippen LogP contribution in [-0.4, -0.2) is 17.4 Å². The minimum absolute atomic E-state index is 0.121. The van der Waals surface area contributed by atoms with Gasteiger partial charge in [-0.3, -0.25) is 9.59 Å². The molecule has 0 aromatic heterocycles. The summed E-state index contributed by atoms with van der Waals surface area (Å²) < 4.78 is 5.46. The number of hydrogen-bond donors (Lipinski definition) is 0. The van der Waals surface area contributed by atoms with Crippen molar-refractivity contribution in [2.24, 2.45) is 23.2 Å². The topological polar surface area (TPSA) is 67.2 Å². The fraction of sp³-hybridized carbons (Fsp3) is 0.769. The lowest BCUT2D eigenvalue weighted by molar-refractivity contribution is -0.227. The number of ether oxygens (including phenoxy) is 1. The van der Waals surface area contributed by atoms with Gasteiger partial charge in [0, 0.05) is 23.7 Å². The Morgan fingerprint density at radius 2 is 2.12 bits per heavy atom. The van der Waals surface area contributed by atoms with E-state index in [9.17, 15) is 9.59 Å². The maximum absolute atomic E-state index is 12.0. The normalized spacial score (nSPS) is 51.9. The highest BCUT2D eigenvalue weighted by atomic mass is 16.6. The molecule has 1 aliphatic heterocycles. The van der Waals surface area contributed by atoms with Crippen LogP contribution in [0.4, 0.5) is 0 Å². The van der Waals surface area contributed by atoms with Gasteiger partial charge in [0.05, 0.1) is 6.07 Å². The second-order valence-corrected chi connectivity index (χ2v) is 5.82. The molecule has 90 valence electrons. The summed E-state index contributed by atoms with van der Waals surface area (Å²) in [5.74, 6) is -1.05. The Balaban J connectivity index is 2.09. The summed E-state index contributed by atoms with van der Waals surface area (Å²) in [7, 11) is 0. The first kappa shape index (κ1) is 10.8. The van der Waals surface area contributed by atoms with Gasteiger partial charge in [-0.1, -0.05) is 6.92 Å². The van der Waals surface area contributed by atoms with Crippen LogP contribution in [0.2, 0.25) is 0 Å². The van der Waals surface area contributed by atoms with Crippen molar-refractivity contribution >= 4 is 11.8 Å². The number of hydrogen-bond acceptors (Lipinski definition) is 4. The molecule has 0 amide bonds. The maximum Gasteiger partial charge on any atom is 0.324 e. The molecule has 17 heavy (non-hydrogen) atoms. The number of esters is 1. The molecule has 4 nitrogen and oxygen atoms in total. The average molecular weight is 233 g/mol. The van der Waals surface area contributed by atoms with E-state index < -0.39 is 22.9 Å². The van der Waals surface area contributed by atoms with Gasteiger partial charge < -0.3 is 4.74 Å². The highest BCUT2D eigenvalue weighted by Crippen LogP contribution is 2.70. The number of nitrogens with zero attached hydrogens (tertiary/aromatic N) is 1. The Morgan fingerprint density at radius 3 is 2.76 bits per heavy atom. The smallest absolute Gasteiger partial charge is 0.324 e. The molecule has 0 radical (unpaired) electrons. The third kappa shape index (κ3) is 0.910. The summed E-state index contributed by atoms with van der Waals surface area (Å²) in [6.45, 7) is 3.76. The Kier molecular flexibility index (Phi) is 1.83. The Hall–Kier alpha value is -1.37. The molecular weight excluding hydrogens is 218 g/mol. The van der Waals surface area contributed by atoms with Crippen molar-refractivity contribution in [3.63, 3.8) is 0 Å². The molecule has 0 unspecified atom stereocenters. The lowest BCUT2D eigenvalue weighted by atomic mass is 9.39. The number of fused-ring (bicyclic) bond motifs is 4. The zero-order valence-electron chi connectivity index (χ0n) is 10.0. The van der Waals surface area contributed by atoms with E-state index in [1.54, 1.807) is 0 Å². The standard InChI is InChI=1S/C13H15NO3/c1-12-8(6-14)11(16)17-13(12,2)7-4-3-5-9(15)10(7)12/h7-8,10H,3-5H2,1-2H3/t7-,8-,10-,12+,13+/m1/s1. The van der Waals surface area contributed by atoms with E-state index in [0.29, 0.717) is 6.42 Å². The summed E-state index contributed by atoms with van der Waals surface area (Å²) >= 11 is 0. The molecule has 4 heteroatoms. The molecule has 5 atom stereocenters. The Bertz CT molecular complexity index is 466. The zero-order chi connectivity index (χ0) is 12.4. The second-order valence-electron chi connectivity index (χ2n) is 5.82. The third-order valence-corrected chi connectivity index (χ3v) is 5.39. The van der Waals surface area contributed by atoms with E-state index in [0.717, 1.165) is 12.8 Å². The van der Waals surface area contributed by atoms with Gasteiger partial charge in [-0.05, 0) is 19.8 Å². The van der Waals surface area contributed by atoms with Crippen molar-refractivity contribution in [3.05, 3.63) is 0 Å². The number of ketones is 1. The fourth-order valence-corrected chi connectivity index (χ4v) is 4.35. The van der Waals surface area contributed by atoms with Crippen LogP contribution in [0.1, 0.15) is 33.1 Å². The molecule has 0 aromatic carbocycles. The second kappa shape index (κ2) is 2.90. The largest absolute Gasteiger partial charge is 0.457 e. The third-order valence-electron chi connectivity index (χ3n) is 5.39. The molecule has 0 N–H and O–H groups in total. The lowest BCUT2D eigenvalue weighted by Crippen LogP contribution is -2.70. The fourth-order valence-electron chi connectivity index (χ4n) is 4.35. The first-order valence-corrected chi connectivity index (χ1v) is 6.12. The van der Waals surface area contributed by atoms with Crippen molar-refractivity contribution in [1.29, 1.82) is 5.26 Å². The first-order chi connectivity index (χ1) is 7.96. The van der Waals surface area contributed by atoms with E-state index in [1.165, 1.54) is 0 Å². The number of rotatable bonds is 0. The molecule has 2 saturated carbocycles. The Morgan fingerprint density at radius 1 is 1.41 bits per heavy atom. The van der Waals surface area contributed by atoms with Gasteiger partial charge in [0.2, 0.25) is 0 Å². The molecule has 0 spiro atoms. The van der Waals surface area contributed by atoms with Crippen LogP contribution in [0.15, 0.2) is 0 Å². The van der Waals surface area contributed by atoms with Crippen LogP contribution in [0.3, 0.4) is 0 Å². The minimum atomic E-state index is -0.782. The van der Waals surface area contributed by atoms with Gasteiger partial charge in [-0.15, -0.1) is 0 Å². The molecular formula is C13H15NO3. The van der Waals surface area contributed by atoms with Crippen LogP contribution >= 0.6 is 0 Å². The molecule has 2 aliphatic carbocycles. The lowest BCUT2D eigenvalue weighted by Gasteiger charge is -2.62. The van der Waals surface area contributed by atoms with Crippen molar-refractivity contribution in [2.45, 2.75) is 38.7 Å². The van der Waals surface area contributed by atoms with Crippen LogP contribution in [-0.2, 0) is 14.3 Å². The number of carbonyl (C=O) groups excluding carboxylic acids is 2. The van der Waals surface area contributed by atoms with Gasteiger partial charge in [-0.25, -0.2) is 0 Å². The first-order valence-electron chi connectivity index (χ1n) is 6.12. The summed E-state index contributed by atoms with van der Waals surface area (Å²) in [4.78, 5) is 23.8. The van der Waals surface area contributed by atoms with E-state index in [-0.39, 0.29) is 17.6 Å². The maximum atomic E-state index is 12.0. The van der Waals surface area contributed by atoms with Crippen LogP contribution < -0.4 is 0 Å². The Labute approximate surface area is 99.9 Å². The minimum Gasteiger partial charge on any atom is -0.457 e. The molecule has 0 aromatic rings. The van der Waals surface area contributed by atoms with Crippen LogP contribution in [0.5, 0.6) is 0 Å². The summed E-state index contributed by atoms with van der Waals surface area (Å²) in [5, 5.41) is 9.15. The van der Waals surface area contributed by atoms with E-state index in [1.807, 2.05) is 19.9 Å². The molecule has 1 heterocycles. The van der Waals surface area contributed by atoms with Crippen molar-refractivity contribution in [1.82, 2.24) is 0 Å². The summed E-state index contributed by atoms with van der Waals surface area (Å²) in [5.41, 5.74) is -1.22. The summed E-state index contributed by atoms with van der Waals surface area (Å²) in [6, 6.07) is 2.04. The quantitative estimate of drug-likeness (QED) is 0.594. The van der Waals surface area contributed by atoms with E-state index in [4.69, 9.17) is 10.00 Å². The zero-order valence-corrected chi connectivity index (χ0v) is 10.0. The number of nitriles is 1. The van der Waals surface area contributed by atoms with E-state index in [2.05, 4.69) is 0 Å². The van der Waals surface area contributed by atoms with Crippen molar-refractivity contribution in [2.75, 3.05) is 0 Å². The SMILES string of the molecule is C[C@@]12[C@H](C#N)C(=O)O[C@@]1(C)[C@@H]1CCCC(=O)[C@@H]12. The molecule has 0 bridgehead atoms. The highest BCUT2D eigenvalue weighted by molar-refractivity contribution is 5.90. The van der Waals surface area contributed by atoms with Gasteiger partial charge in [0.15, 0.2) is 5.92 Å². The van der Waals surface area contributed by atoms with Crippen LogP contribution in [0.25, 0.3) is 0 Å². The highest BCUT2D eigenvalue weighted by Gasteiger charge is 2.79. The van der Waals surface area contributed by atoms with Crippen LogP contribution in [0, 0.1) is 34.5 Å². The molecule has 1 saturated heterocycles. The average Bonchev–Trinajstić information content (AvgIpc) is 2.43. The van der Waals surface area contributed by atoms with Crippen molar-refractivity contribution in [3.8, 4) is 6.07 Å². The molecule has 3 aliphatic rings. The summed E-state index contributed by atoms with van der Waals surface area (Å²) in [6.07, 6.45) is 2.38.